The zero-order chi connectivity index (χ0) is 19.5. The Labute approximate surface area is 171 Å². The third kappa shape index (κ3) is 4.34. The van der Waals surface area contributed by atoms with Crippen LogP contribution in [0.2, 0.25) is 0 Å². The van der Waals surface area contributed by atoms with E-state index >= 15 is 0 Å². The molecule has 28 heavy (non-hydrogen) atoms. The van der Waals surface area contributed by atoms with Crippen molar-refractivity contribution in [1.82, 2.24) is 19.9 Å². The highest BCUT2D eigenvalue weighted by Gasteiger charge is 2.20. The molecular formula is C20H22BrN5O2. The summed E-state index contributed by atoms with van der Waals surface area (Å²) in [6, 6.07) is 7.79. The number of hydrogen-bond acceptors (Lipinski definition) is 6. The second kappa shape index (κ2) is 8.28. The fourth-order valence-electron chi connectivity index (χ4n) is 3.48. The molecule has 0 aromatic carbocycles. The van der Waals surface area contributed by atoms with Crippen molar-refractivity contribution in [2.45, 2.75) is 25.9 Å². The van der Waals surface area contributed by atoms with Gasteiger partial charge in [-0.1, -0.05) is 6.07 Å². The summed E-state index contributed by atoms with van der Waals surface area (Å²) in [5.74, 6) is 1.51. The van der Waals surface area contributed by atoms with E-state index in [9.17, 15) is 4.79 Å². The van der Waals surface area contributed by atoms with Gasteiger partial charge in [-0.25, -0.2) is 4.98 Å². The number of rotatable bonds is 5. The van der Waals surface area contributed by atoms with Gasteiger partial charge in [0.15, 0.2) is 4.67 Å². The fraction of sp³-hybridized carbons (Fsp3) is 0.350. The van der Waals surface area contributed by atoms with Crippen LogP contribution in [-0.4, -0.2) is 40.0 Å². The van der Waals surface area contributed by atoms with Gasteiger partial charge < -0.3 is 9.32 Å². The number of H-pyrrole nitrogens is 1. The van der Waals surface area contributed by atoms with Gasteiger partial charge in [0.05, 0.1) is 12.2 Å². The topological polar surface area (TPSA) is 78.3 Å². The SMILES string of the molecule is CN(Cc1cccnc1)c1nc2c(c(=O)[nH]1)CCN(Cc1ccc(Br)o1)CC2. The van der Waals surface area contributed by atoms with Gasteiger partial charge >= 0.3 is 0 Å². The minimum Gasteiger partial charge on any atom is -0.453 e. The molecule has 7 nitrogen and oxygen atoms in total. The van der Waals surface area contributed by atoms with E-state index in [1.54, 1.807) is 6.20 Å². The van der Waals surface area contributed by atoms with E-state index < -0.39 is 0 Å². The molecule has 4 rings (SSSR count). The molecule has 146 valence electrons. The van der Waals surface area contributed by atoms with E-state index in [1.807, 2.05) is 42.4 Å². The van der Waals surface area contributed by atoms with Gasteiger partial charge in [0.2, 0.25) is 5.95 Å². The molecule has 1 aliphatic rings. The van der Waals surface area contributed by atoms with Crippen LogP contribution in [0.1, 0.15) is 22.6 Å². The second-order valence-electron chi connectivity index (χ2n) is 7.01. The monoisotopic (exact) mass is 443 g/mol. The maximum absolute atomic E-state index is 12.7. The summed E-state index contributed by atoms with van der Waals surface area (Å²) in [4.78, 5) is 28.8. The molecule has 0 saturated heterocycles. The Morgan fingerprint density at radius 3 is 2.89 bits per heavy atom. The van der Waals surface area contributed by atoms with Crippen molar-refractivity contribution in [3.05, 3.63) is 74.3 Å². The third-order valence-corrected chi connectivity index (χ3v) is 5.37. The Morgan fingerprint density at radius 2 is 2.14 bits per heavy atom. The molecule has 8 heteroatoms. The lowest BCUT2D eigenvalue weighted by Crippen LogP contribution is -2.26. The molecule has 0 atom stereocenters. The highest BCUT2D eigenvalue weighted by molar-refractivity contribution is 9.10. The molecule has 0 unspecified atom stereocenters. The average molecular weight is 444 g/mol. The maximum Gasteiger partial charge on any atom is 0.255 e. The lowest BCUT2D eigenvalue weighted by Gasteiger charge is -2.19. The molecule has 1 N–H and O–H groups in total. The minimum atomic E-state index is -0.0411. The second-order valence-corrected chi connectivity index (χ2v) is 7.80. The first-order chi connectivity index (χ1) is 13.6. The van der Waals surface area contributed by atoms with Crippen molar-refractivity contribution < 1.29 is 4.42 Å². The fourth-order valence-corrected chi connectivity index (χ4v) is 3.82. The zero-order valence-electron chi connectivity index (χ0n) is 15.7. The van der Waals surface area contributed by atoms with E-state index in [1.165, 1.54) is 0 Å². The van der Waals surface area contributed by atoms with E-state index in [-0.39, 0.29) is 5.56 Å². The van der Waals surface area contributed by atoms with Crippen molar-refractivity contribution in [2.24, 2.45) is 0 Å². The minimum absolute atomic E-state index is 0.0411. The molecule has 0 saturated carbocycles. The van der Waals surface area contributed by atoms with Crippen LogP contribution in [0.25, 0.3) is 0 Å². The number of aromatic nitrogens is 3. The zero-order valence-corrected chi connectivity index (χ0v) is 17.3. The van der Waals surface area contributed by atoms with E-state index in [4.69, 9.17) is 9.40 Å². The molecule has 0 radical (unpaired) electrons. The van der Waals surface area contributed by atoms with Gasteiger partial charge in [0, 0.05) is 51.1 Å². The molecule has 0 fully saturated rings. The number of pyridine rings is 1. The Hall–Kier alpha value is -2.45. The molecule has 0 spiro atoms. The normalized spacial score (nSPS) is 14.5. The molecule has 0 aliphatic carbocycles. The Balaban J connectivity index is 1.49. The Morgan fingerprint density at radius 1 is 1.29 bits per heavy atom. The quantitative estimate of drug-likeness (QED) is 0.652. The van der Waals surface area contributed by atoms with Crippen molar-refractivity contribution in [3.63, 3.8) is 0 Å². The molecule has 3 aromatic heterocycles. The van der Waals surface area contributed by atoms with Crippen LogP contribution < -0.4 is 10.5 Å². The largest absolute Gasteiger partial charge is 0.453 e. The summed E-state index contributed by atoms with van der Waals surface area (Å²) in [7, 11) is 1.93. The first-order valence-electron chi connectivity index (χ1n) is 9.27. The van der Waals surface area contributed by atoms with Crippen molar-refractivity contribution in [2.75, 3.05) is 25.0 Å². The summed E-state index contributed by atoms with van der Waals surface area (Å²) in [5.41, 5.74) is 2.71. The summed E-state index contributed by atoms with van der Waals surface area (Å²) in [6.07, 6.45) is 5.00. The molecule has 3 aromatic rings. The van der Waals surface area contributed by atoms with Gasteiger partial charge in [-0.2, -0.15) is 0 Å². The predicted molar refractivity (Wildman–Crippen MR) is 110 cm³/mol. The molecule has 0 amide bonds. The number of halogens is 1. The first-order valence-corrected chi connectivity index (χ1v) is 10.1. The number of nitrogens with zero attached hydrogens (tertiary/aromatic N) is 4. The number of fused-ring (bicyclic) bond motifs is 1. The van der Waals surface area contributed by atoms with Crippen LogP contribution in [0, 0.1) is 0 Å². The van der Waals surface area contributed by atoms with Crippen LogP contribution in [0.4, 0.5) is 5.95 Å². The van der Waals surface area contributed by atoms with Crippen LogP contribution in [0.15, 0.2) is 50.5 Å². The van der Waals surface area contributed by atoms with Crippen LogP contribution in [-0.2, 0) is 25.9 Å². The summed E-state index contributed by atoms with van der Waals surface area (Å²) in [6.45, 7) is 3.01. The summed E-state index contributed by atoms with van der Waals surface area (Å²) in [5, 5.41) is 0. The lowest BCUT2D eigenvalue weighted by molar-refractivity contribution is 0.253. The number of hydrogen-bond donors (Lipinski definition) is 1. The van der Waals surface area contributed by atoms with Gasteiger partial charge in [0.1, 0.15) is 5.76 Å². The number of nitrogens with one attached hydrogen (secondary N) is 1. The number of aromatic amines is 1. The summed E-state index contributed by atoms with van der Waals surface area (Å²) < 4.78 is 6.35. The summed E-state index contributed by atoms with van der Waals surface area (Å²) >= 11 is 3.34. The average Bonchev–Trinajstić information content (AvgIpc) is 2.98. The van der Waals surface area contributed by atoms with Gasteiger partial charge in [-0.15, -0.1) is 0 Å². The molecule has 4 heterocycles. The smallest absolute Gasteiger partial charge is 0.255 e. The predicted octanol–water partition coefficient (Wildman–Crippen LogP) is 2.76. The van der Waals surface area contributed by atoms with Crippen molar-refractivity contribution in [3.8, 4) is 0 Å². The van der Waals surface area contributed by atoms with E-state index in [0.29, 0.717) is 18.9 Å². The van der Waals surface area contributed by atoms with E-state index in [0.717, 1.165) is 53.3 Å². The van der Waals surface area contributed by atoms with Crippen LogP contribution in [0.5, 0.6) is 0 Å². The van der Waals surface area contributed by atoms with Crippen molar-refractivity contribution >= 4 is 21.9 Å². The Bertz CT molecular complexity index is 1000. The highest BCUT2D eigenvalue weighted by atomic mass is 79.9. The van der Waals surface area contributed by atoms with Gasteiger partial charge in [0.25, 0.3) is 5.56 Å². The Kier molecular flexibility index (Phi) is 5.59. The van der Waals surface area contributed by atoms with Crippen LogP contribution >= 0.6 is 15.9 Å². The maximum atomic E-state index is 12.7. The first kappa shape index (κ1) is 18.9. The van der Waals surface area contributed by atoms with Gasteiger partial charge in [-0.3, -0.25) is 19.7 Å². The molecular weight excluding hydrogens is 422 g/mol. The lowest BCUT2D eigenvalue weighted by atomic mass is 10.1. The standard InChI is InChI=1S/C20H22BrN5O2/c1-25(12-14-3-2-8-22-11-14)20-23-17-7-10-26(9-6-16(17)19(27)24-20)13-15-4-5-18(21)28-15/h2-5,8,11H,6-7,9-10,12-13H2,1H3,(H,23,24,27). The van der Waals surface area contributed by atoms with E-state index in [2.05, 4.69) is 30.8 Å². The van der Waals surface area contributed by atoms with Crippen LogP contribution in [0.3, 0.4) is 0 Å². The third-order valence-electron chi connectivity index (χ3n) is 4.94. The van der Waals surface area contributed by atoms with Gasteiger partial charge in [-0.05, 0) is 46.1 Å². The van der Waals surface area contributed by atoms with Crippen molar-refractivity contribution in [1.29, 1.82) is 0 Å². The number of furan rings is 1. The molecule has 0 bridgehead atoms. The number of anilines is 1. The highest BCUT2D eigenvalue weighted by Crippen LogP contribution is 2.19. The molecule has 1 aliphatic heterocycles.